The molecule has 0 aliphatic heterocycles. The molecule has 1 aromatic rings. The molecule has 70 valence electrons. The lowest BCUT2D eigenvalue weighted by atomic mass is 10.2. The molecule has 0 fully saturated rings. The van der Waals surface area contributed by atoms with E-state index in [1.54, 1.807) is 6.08 Å². The predicted molar refractivity (Wildman–Crippen MR) is 52.5 cm³/mol. The van der Waals surface area contributed by atoms with Gasteiger partial charge in [-0.25, -0.2) is 0 Å². The molecule has 0 aliphatic rings. The summed E-state index contributed by atoms with van der Waals surface area (Å²) in [6, 6.07) is 9.85. The first kappa shape index (κ1) is 9.77. The van der Waals surface area contributed by atoms with Crippen LogP contribution in [-0.2, 0) is 11.3 Å². The lowest BCUT2D eigenvalue weighted by molar-refractivity contribution is 0.0762. The fourth-order valence-corrected chi connectivity index (χ4v) is 0.932. The Balaban J connectivity index is 2.35. The van der Waals surface area contributed by atoms with E-state index in [1.807, 2.05) is 30.3 Å². The first-order chi connectivity index (χ1) is 6.33. The molecule has 1 unspecified atom stereocenters. The number of ether oxygens (including phenoxy) is 1. The van der Waals surface area contributed by atoms with Gasteiger partial charge in [0, 0.05) is 0 Å². The van der Waals surface area contributed by atoms with Crippen molar-refractivity contribution in [3.05, 3.63) is 48.2 Å². The first-order valence-electron chi connectivity index (χ1n) is 4.12. The summed E-state index contributed by atoms with van der Waals surface area (Å²) in [5.74, 6) is 0. The minimum atomic E-state index is -0.426. The molecule has 3 heteroatoms. The van der Waals surface area contributed by atoms with E-state index < -0.39 is 6.23 Å². The molecular formula is C10H14N2O. The van der Waals surface area contributed by atoms with E-state index >= 15 is 0 Å². The maximum absolute atomic E-state index is 5.54. The summed E-state index contributed by atoms with van der Waals surface area (Å²) in [5.41, 5.74) is 11.8. The van der Waals surface area contributed by atoms with Crippen molar-refractivity contribution in [1.29, 1.82) is 0 Å². The summed E-state index contributed by atoms with van der Waals surface area (Å²) >= 11 is 0. The maximum atomic E-state index is 5.54. The minimum absolute atomic E-state index is 0.426. The number of rotatable bonds is 4. The maximum Gasteiger partial charge on any atom is 0.126 e. The highest BCUT2D eigenvalue weighted by molar-refractivity contribution is 5.13. The van der Waals surface area contributed by atoms with Crippen molar-refractivity contribution in [3.8, 4) is 0 Å². The molecule has 0 amide bonds. The zero-order chi connectivity index (χ0) is 9.52. The molecule has 0 aliphatic carbocycles. The van der Waals surface area contributed by atoms with E-state index in [9.17, 15) is 0 Å². The summed E-state index contributed by atoms with van der Waals surface area (Å²) in [6.45, 7) is 0.506. The van der Waals surface area contributed by atoms with Crippen molar-refractivity contribution in [1.82, 2.24) is 0 Å². The Labute approximate surface area is 78.0 Å². The second-order valence-corrected chi connectivity index (χ2v) is 2.65. The van der Waals surface area contributed by atoms with Crippen molar-refractivity contribution in [2.45, 2.75) is 12.8 Å². The third kappa shape index (κ3) is 3.73. The second kappa shape index (κ2) is 5.35. The van der Waals surface area contributed by atoms with E-state index in [2.05, 4.69) is 0 Å². The monoisotopic (exact) mass is 178 g/mol. The molecule has 1 rings (SSSR count). The average molecular weight is 178 g/mol. The number of nitrogens with two attached hydrogens (primary N) is 2. The molecule has 0 spiro atoms. The van der Waals surface area contributed by atoms with Gasteiger partial charge in [0.2, 0.25) is 0 Å². The topological polar surface area (TPSA) is 61.3 Å². The Morgan fingerprint density at radius 1 is 1.31 bits per heavy atom. The van der Waals surface area contributed by atoms with Crippen LogP contribution in [0.2, 0.25) is 0 Å². The summed E-state index contributed by atoms with van der Waals surface area (Å²) in [5, 5.41) is 0. The van der Waals surface area contributed by atoms with Crippen molar-refractivity contribution in [3.63, 3.8) is 0 Å². The Kier molecular flexibility index (Phi) is 4.02. The van der Waals surface area contributed by atoms with Gasteiger partial charge in [-0.1, -0.05) is 30.3 Å². The molecule has 4 N–H and O–H groups in total. The van der Waals surface area contributed by atoms with Crippen LogP contribution in [-0.4, -0.2) is 6.23 Å². The highest BCUT2D eigenvalue weighted by atomic mass is 16.5. The summed E-state index contributed by atoms with van der Waals surface area (Å²) < 4.78 is 5.28. The van der Waals surface area contributed by atoms with E-state index in [0.717, 1.165) is 5.56 Å². The normalized spacial score (nSPS) is 13.3. The Morgan fingerprint density at radius 3 is 2.62 bits per heavy atom. The van der Waals surface area contributed by atoms with Crippen LogP contribution in [0, 0.1) is 0 Å². The molecule has 0 saturated heterocycles. The highest BCUT2D eigenvalue weighted by Crippen LogP contribution is 2.01. The highest BCUT2D eigenvalue weighted by Gasteiger charge is 1.96. The van der Waals surface area contributed by atoms with Gasteiger partial charge in [-0.2, -0.15) is 0 Å². The van der Waals surface area contributed by atoms with E-state index in [-0.39, 0.29) is 0 Å². The van der Waals surface area contributed by atoms with E-state index in [0.29, 0.717) is 6.61 Å². The van der Waals surface area contributed by atoms with Crippen LogP contribution in [0.5, 0.6) is 0 Å². The van der Waals surface area contributed by atoms with Crippen LogP contribution >= 0.6 is 0 Å². The molecule has 13 heavy (non-hydrogen) atoms. The summed E-state index contributed by atoms with van der Waals surface area (Å²) in [7, 11) is 0. The van der Waals surface area contributed by atoms with Crippen LogP contribution in [0.25, 0.3) is 0 Å². The smallest absolute Gasteiger partial charge is 0.126 e. The quantitative estimate of drug-likeness (QED) is 0.675. The SMILES string of the molecule is N/C=C\C(N)OCc1ccccc1. The van der Waals surface area contributed by atoms with E-state index in [4.69, 9.17) is 16.2 Å². The zero-order valence-corrected chi connectivity index (χ0v) is 7.39. The third-order valence-corrected chi connectivity index (χ3v) is 1.59. The molecule has 0 bridgehead atoms. The van der Waals surface area contributed by atoms with Crippen molar-refractivity contribution in [2.75, 3.05) is 0 Å². The molecule has 0 saturated carbocycles. The zero-order valence-electron chi connectivity index (χ0n) is 7.39. The van der Waals surface area contributed by atoms with Gasteiger partial charge in [-0.05, 0) is 17.8 Å². The third-order valence-electron chi connectivity index (χ3n) is 1.59. The van der Waals surface area contributed by atoms with Gasteiger partial charge < -0.3 is 16.2 Å². The fraction of sp³-hybridized carbons (Fsp3) is 0.200. The standard InChI is InChI=1S/C10H14N2O/c11-7-6-10(12)13-8-9-4-2-1-3-5-9/h1-7,10H,8,11-12H2/b7-6-. The minimum Gasteiger partial charge on any atom is -0.405 e. The van der Waals surface area contributed by atoms with Crippen LogP contribution < -0.4 is 11.5 Å². The van der Waals surface area contributed by atoms with Gasteiger partial charge in [-0.15, -0.1) is 0 Å². The lowest BCUT2D eigenvalue weighted by Gasteiger charge is -2.07. The van der Waals surface area contributed by atoms with E-state index in [1.165, 1.54) is 6.20 Å². The van der Waals surface area contributed by atoms with Gasteiger partial charge in [0.25, 0.3) is 0 Å². The van der Waals surface area contributed by atoms with Gasteiger partial charge in [0.1, 0.15) is 6.23 Å². The molecule has 0 heterocycles. The van der Waals surface area contributed by atoms with Crippen molar-refractivity contribution < 1.29 is 4.74 Å². The Bertz CT molecular complexity index is 259. The van der Waals surface area contributed by atoms with Crippen LogP contribution in [0.3, 0.4) is 0 Å². The van der Waals surface area contributed by atoms with Gasteiger partial charge in [0.05, 0.1) is 6.61 Å². The lowest BCUT2D eigenvalue weighted by Crippen LogP contribution is -2.21. The van der Waals surface area contributed by atoms with Crippen molar-refractivity contribution in [2.24, 2.45) is 11.5 Å². The van der Waals surface area contributed by atoms with Gasteiger partial charge >= 0.3 is 0 Å². The molecule has 1 atom stereocenters. The van der Waals surface area contributed by atoms with Crippen LogP contribution in [0.1, 0.15) is 5.56 Å². The second-order valence-electron chi connectivity index (χ2n) is 2.65. The molecular weight excluding hydrogens is 164 g/mol. The largest absolute Gasteiger partial charge is 0.405 e. The first-order valence-corrected chi connectivity index (χ1v) is 4.12. The number of benzene rings is 1. The molecule has 0 aromatic heterocycles. The fourth-order valence-electron chi connectivity index (χ4n) is 0.932. The molecule has 1 aromatic carbocycles. The number of hydrogen-bond acceptors (Lipinski definition) is 3. The van der Waals surface area contributed by atoms with Gasteiger partial charge in [-0.3, -0.25) is 0 Å². The number of hydrogen-bond donors (Lipinski definition) is 2. The summed E-state index contributed by atoms with van der Waals surface area (Å²) in [4.78, 5) is 0. The Hall–Kier alpha value is -1.32. The molecule has 0 radical (unpaired) electrons. The summed E-state index contributed by atoms with van der Waals surface area (Å²) in [6.07, 6.45) is 2.56. The van der Waals surface area contributed by atoms with Gasteiger partial charge in [0.15, 0.2) is 0 Å². The Morgan fingerprint density at radius 2 is 2.00 bits per heavy atom. The van der Waals surface area contributed by atoms with Crippen molar-refractivity contribution >= 4 is 0 Å². The predicted octanol–water partition coefficient (Wildman–Crippen LogP) is 0.960. The molecule has 3 nitrogen and oxygen atoms in total. The van der Waals surface area contributed by atoms with Crippen LogP contribution in [0.15, 0.2) is 42.6 Å². The van der Waals surface area contributed by atoms with Crippen LogP contribution in [0.4, 0.5) is 0 Å². The average Bonchev–Trinajstić information content (AvgIpc) is 2.17.